The van der Waals surface area contributed by atoms with Gasteiger partial charge in [-0.15, -0.1) is 12.6 Å². The van der Waals surface area contributed by atoms with Crippen molar-refractivity contribution < 1.29 is 20.3 Å². The largest absolute Gasteiger partial charge is 1.00 e. The zero-order chi connectivity index (χ0) is 5.98. The van der Waals surface area contributed by atoms with Crippen LogP contribution < -0.4 is 18.9 Å². The molecule has 0 spiro atoms. The molecule has 0 bridgehead atoms. The second kappa shape index (κ2) is 4.46. The summed E-state index contributed by atoms with van der Waals surface area (Å²) in [6.07, 6.45) is 0. The summed E-state index contributed by atoms with van der Waals surface area (Å²) in [4.78, 5) is 0.994. The van der Waals surface area contributed by atoms with Gasteiger partial charge in [0, 0.05) is 9.37 Å². The minimum atomic E-state index is 0. The number of rotatable bonds is 0. The van der Waals surface area contributed by atoms with Gasteiger partial charge in [-0.05, 0) is 24.3 Å². The maximum Gasteiger partial charge on any atom is 1.00 e. The van der Waals surface area contributed by atoms with Crippen molar-refractivity contribution >= 4 is 28.6 Å². The molecule has 1 aromatic rings. The molecule has 0 aliphatic heterocycles. The van der Waals surface area contributed by atoms with E-state index in [4.69, 9.17) is 0 Å². The molecule has 0 fully saturated rings. The zero-order valence-electron chi connectivity index (χ0n) is 6.13. The van der Waals surface area contributed by atoms with Gasteiger partial charge in [-0.25, -0.2) is 0 Å². The molecule has 0 aromatic heterocycles. The number of thiol groups is 1. The Morgan fingerprint density at radius 3 is 2.00 bits per heavy atom. The second-order valence-electron chi connectivity index (χ2n) is 1.48. The molecule has 0 nitrogen and oxygen atoms in total. The van der Waals surface area contributed by atoms with E-state index in [2.05, 4.69) is 28.6 Å². The molecule has 0 aliphatic carbocycles. The number of hydrogen-bond donors (Lipinski definition) is 1. The third kappa shape index (κ3) is 3.37. The third-order valence-electron chi connectivity index (χ3n) is 0.827. The molecule has 0 amide bonds. The molecule has 0 heterocycles. The molecule has 44 valence electrons. The molecule has 9 heavy (non-hydrogen) atoms. The van der Waals surface area contributed by atoms with Gasteiger partial charge in [-0.2, -0.15) is 0 Å². The van der Waals surface area contributed by atoms with Gasteiger partial charge in [0.25, 0.3) is 0 Å². The first-order chi connectivity index (χ1) is 3.79. The number of hydrogen-bond acceptors (Lipinski definition) is 1. The van der Waals surface area contributed by atoms with Crippen molar-refractivity contribution in [3.8, 4) is 0 Å². The Labute approximate surface area is 82.2 Å². The fourth-order valence-electron chi connectivity index (χ4n) is 0.441. The normalized spacial score (nSPS) is 8.22. The van der Waals surface area contributed by atoms with E-state index in [1.54, 1.807) is 0 Å². The predicted molar refractivity (Wildman–Crippen MR) is 42.5 cm³/mol. The van der Waals surface area contributed by atoms with Crippen LogP contribution in [0.3, 0.4) is 0 Å². The average Bonchev–Trinajstić information content (AvgIpc) is 1.77. The van der Waals surface area contributed by atoms with Crippen molar-refractivity contribution in [1.29, 1.82) is 0 Å². The molecule has 0 atom stereocenters. The van der Waals surface area contributed by atoms with Gasteiger partial charge in [-0.1, -0.05) is 15.9 Å². The Hall–Kier alpha value is 0.647. The van der Waals surface area contributed by atoms with Crippen molar-refractivity contribution in [2.24, 2.45) is 0 Å². The summed E-state index contributed by atoms with van der Waals surface area (Å²) in [7, 11) is 0. The molecule has 1 aromatic carbocycles. The summed E-state index contributed by atoms with van der Waals surface area (Å²) in [5.41, 5.74) is 0. The van der Waals surface area contributed by atoms with Crippen LogP contribution in [0.5, 0.6) is 0 Å². The van der Waals surface area contributed by atoms with Gasteiger partial charge < -0.3 is 1.43 Å². The second-order valence-corrected chi connectivity index (χ2v) is 2.91. The summed E-state index contributed by atoms with van der Waals surface area (Å²) < 4.78 is 1.09. The molecular formula is C6H6BrLiS. The SMILES string of the molecule is Sc1ccc(Br)cc1.[H-].[Li+]. The summed E-state index contributed by atoms with van der Waals surface area (Å²) >= 11 is 7.42. The quantitative estimate of drug-likeness (QED) is 0.434. The van der Waals surface area contributed by atoms with E-state index in [1.165, 1.54) is 0 Å². The molecule has 0 aliphatic rings. The third-order valence-corrected chi connectivity index (χ3v) is 1.65. The van der Waals surface area contributed by atoms with Crippen molar-refractivity contribution in [3.05, 3.63) is 28.7 Å². The zero-order valence-corrected chi connectivity index (χ0v) is 7.62. The van der Waals surface area contributed by atoms with E-state index in [0.717, 1.165) is 9.37 Å². The van der Waals surface area contributed by atoms with Crippen LogP contribution in [0.15, 0.2) is 33.6 Å². The maximum atomic E-state index is 4.11. The summed E-state index contributed by atoms with van der Waals surface area (Å²) in [6, 6.07) is 7.80. The molecule has 3 heteroatoms. The van der Waals surface area contributed by atoms with E-state index in [-0.39, 0.29) is 20.3 Å². The average molecular weight is 197 g/mol. The Kier molecular flexibility index (Phi) is 4.78. The van der Waals surface area contributed by atoms with Crippen LogP contribution in [0.25, 0.3) is 0 Å². The van der Waals surface area contributed by atoms with Crippen LogP contribution in [0.2, 0.25) is 0 Å². The topological polar surface area (TPSA) is 0 Å². The molecular weight excluding hydrogens is 191 g/mol. The van der Waals surface area contributed by atoms with Crippen molar-refractivity contribution in [1.82, 2.24) is 0 Å². The molecule has 0 unspecified atom stereocenters. The van der Waals surface area contributed by atoms with Gasteiger partial charge in [0.2, 0.25) is 0 Å². The predicted octanol–water partition coefficient (Wildman–Crippen LogP) is -0.146. The van der Waals surface area contributed by atoms with E-state index in [9.17, 15) is 0 Å². The van der Waals surface area contributed by atoms with Gasteiger partial charge in [0.05, 0.1) is 0 Å². The van der Waals surface area contributed by atoms with Crippen LogP contribution in [0.1, 0.15) is 1.43 Å². The van der Waals surface area contributed by atoms with Crippen LogP contribution in [-0.2, 0) is 0 Å². The van der Waals surface area contributed by atoms with E-state index in [1.807, 2.05) is 24.3 Å². The first kappa shape index (κ1) is 9.65. The fourth-order valence-corrected chi connectivity index (χ4v) is 0.854. The summed E-state index contributed by atoms with van der Waals surface area (Å²) in [5.74, 6) is 0. The van der Waals surface area contributed by atoms with Gasteiger partial charge >= 0.3 is 18.9 Å². The Morgan fingerprint density at radius 2 is 1.67 bits per heavy atom. The number of benzene rings is 1. The Balaban J connectivity index is 0. The van der Waals surface area contributed by atoms with E-state index >= 15 is 0 Å². The van der Waals surface area contributed by atoms with Crippen LogP contribution in [0.4, 0.5) is 0 Å². The van der Waals surface area contributed by atoms with Gasteiger partial charge in [0.1, 0.15) is 0 Å². The molecule has 0 saturated carbocycles. The maximum absolute atomic E-state index is 4.11. The van der Waals surface area contributed by atoms with E-state index < -0.39 is 0 Å². The van der Waals surface area contributed by atoms with Crippen molar-refractivity contribution in [2.75, 3.05) is 0 Å². The van der Waals surface area contributed by atoms with Gasteiger partial charge in [-0.3, -0.25) is 0 Å². The van der Waals surface area contributed by atoms with E-state index in [0.29, 0.717) is 0 Å². The molecule has 0 saturated heterocycles. The van der Waals surface area contributed by atoms with Gasteiger partial charge in [0.15, 0.2) is 0 Å². The smallest absolute Gasteiger partial charge is 1.00 e. The molecule has 1 rings (SSSR count). The molecule has 0 radical (unpaired) electrons. The Morgan fingerprint density at radius 1 is 1.22 bits per heavy atom. The fraction of sp³-hybridized carbons (Fsp3) is 0. The number of halogens is 1. The molecule has 0 N–H and O–H groups in total. The first-order valence-corrected chi connectivity index (χ1v) is 3.47. The van der Waals surface area contributed by atoms with Crippen molar-refractivity contribution in [3.63, 3.8) is 0 Å². The van der Waals surface area contributed by atoms with Crippen LogP contribution in [-0.4, -0.2) is 0 Å². The standard InChI is InChI=1S/C6H5BrS.Li.H/c7-5-1-3-6(8)4-2-5;;/h1-4,8H;;/q;+1;-1. The Bertz CT molecular complexity index is 157. The minimum absolute atomic E-state index is 0. The first-order valence-electron chi connectivity index (χ1n) is 2.23. The van der Waals surface area contributed by atoms with Crippen LogP contribution in [0, 0.1) is 0 Å². The van der Waals surface area contributed by atoms with Crippen LogP contribution >= 0.6 is 28.6 Å². The minimum Gasteiger partial charge on any atom is -1.00 e. The summed E-state index contributed by atoms with van der Waals surface area (Å²) in [5, 5.41) is 0. The monoisotopic (exact) mass is 196 g/mol. The van der Waals surface area contributed by atoms with Crippen molar-refractivity contribution in [2.45, 2.75) is 4.90 Å². The summed E-state index contributed by atoms with van der Waals surface area (Å²) in [6.45, 7) is 0.